The zero-order valence-corrected chi connectivity index (χ0v) is 33.8. The van der Waals surface area contributed by atoms with Gasteiger partial charge in [0.05, 0.1) is 13.2 Å². The summed E-state index contributed by atoms with van der Waals surface area (Å²) in [5.74, 6) is -0.225. The van der Waals surface area contributed by atoms with Crippen molar-refractivity contribution in [2.45, 2.75) is 180 Å². The molecule has 1 N–H and O–H groups in total. The molecule has 0 radical (unpaired) electrons. The maximum Gasteiger partial charge on any atom is 0.306 e. The number of carbonyl (C=O) groups excluding carboxylic acids is 1. The smallest absolute Gasteiger partial charge is 0.306 e. The minimum Gasteiger partial charge on any atom is -0.457 e. The molecule has 1 atom stereocenters. The highest BCUT2D eigenvalue weighted by Crippen LogP contribution is 2.12. The van der Waals surface area contributed by atoms with Gasteiger partial charge in [0.2, 0.25) is 0 Å². The predicted octanol–water partition coefficient (Wildman–Crippen LogP) is 14.1. The molecule has 1 unspecified atom stereocenters. The minimum absolute atomic E-state index is 0.195. The van der Waals surface area contributed by atoms with E-state index in [-0.39, 0.29) is 19.2 Å². The molecule has 0 aliphatic heterocycles. The molecule has 0 spiro atoms. The van der Waals surface area contributed by atoms with E-state index in [9.17, 15) is 9.90 Å². The van der Waals surface area contributed by atoms with Gasteiger partial charge in [0.15, 0.2) is 0 Å². The van der Waals surface area contributed by atoms with Crippen molar-refractivity contribution in [3.8, 4) is 0 Å². The average Bonchev–Trinajstić information content (AvgIpc) is 3.15. The Morgan fingerprint density at radius 2 is 0.865 bits per heavy atom. The monoisotopic (exact) mass is 721 g/mol. The maximum atomic E-state index is 12.2. The number of hydrogen-bond donors (Lipinski definition) is 1. The van der Waals surface area contributed by atoms with Crippen LogP contribution in [-0.2, 0) is 14.3 Å². The second-order valence-corrected chi connectivity index (χ2v) is 13.7. The van der Waals surface area contributed by atoms with Crippen molar-refractivity contribution in [1.82, 2.24) is 0 Å². The van der Waals surface area contributed by atoms with Gasteiger partial charge in [0, 0.05) is 13.0 Å². The number of unbranched alkanes of at least 4 members (excludes halogenated alkanes) is 14. The molecule has 0 heterocycles. The van der Waals surface area contributed by atoms with Crippen molar-refractivity contribution in [2.24, 2.45) is 0 Å². The van der Waals surface area contributed by atoms with Crippen LogP contribution in [-0.4, -0.2) is 37.0 Å². The lowest BCUT2D eigenvalue weighted by Gasteiger charge is -2.15. The summed E-state index contributed by atoms with van der Waals surface area (Å²) in [4.78, 5) is 12.2. The molecule has 4 nitrogen and oxygen atoms in total. The fraction of sp³-hybridized carbons (Fsp3) is 0.646. The number of aliphatic hydroxyl groups excluding tert-OH is 1. The summed E-state index contributed by atoms with van der Waals surface area (Å²) in [6, 6.07) is 0. The molecule has 0 rings (SSSR count). The summed E-state index contributed by atoms with van der Waals surface area (Å²) in [7, 11) is 0. The quantitative estimate of drug-likeness (QED) is 0.0392. The van der Waals surface area contributed by atoms with Gasteiger partial charge < -0.3 is 14.6 Å². The zero-order chi connectivity index (χ0) is 37.7. The van der Waals surface area contributed by atoms with Crippen LogP contribution < -0.4 is 0 Å². The van der Waals surface area contributed by atoms with E-state index < -0.39 is 6.10 Å². The van der Waals surface area contributed by atoms with Crippen molar-refractivity contribution >= 4 is 5.97 Å². The fourth-order valence-corrected chi connectivity index (χ4v) is 5.48. The first-order chi connectivity index (χ1) is 25.7. The molecule has 0 saturated carbocycles. The normalized spacial score (nSPS) is 13.4. The molecule has 296 valence electrons. The van der Waals surface area contributed by atoms with Crippen molar-refractivity contribution in [3.05, 3.63) is 97.2 Å². The lowest BCUT2D eigenvalue weighted by Crippen LogP contribution is -2.27. The van der Waals surface area contributed by atoms with E-state index in [0.29, 0.717) is 13.0 Å². The maximum absolute atomic E-state index is 12.2. The van der Waals surface area contributed by atoms with Gasteiger partial charge in [-0.1, -0.05) is 169 Å². The third kappa shape index (κ3) is 41.7. The Labute approximate surface area is 322 Å². The molecular formula is C48H80O4. The average molecular weight is 721 g/mol. The van der Waals surface area contributed by atoms with Crippen LogP contribution in [0.1, 0.15) is 174 Å². The van der Waals surface area contributed by atoms with Gasteiger partial charge in [0.25, 0.3) is 0 Å². The SMILES string of the molecule is CC/C=C\C/C=C\C/C=C\C/C=C\C/C=C\C/C=C\CCCCCOCC(CO)OC(=O)CCCCCCCCC/C=C\C/C=C\CCCCCC. The van der Waals surface area contributed by atoms with Crippen LogP contribution in [0.3, 0.4) is 0 Å². The summed E-state index contributed by atoms with van der Waals surface area (Å²) in [6.07, 6.45) is 63.2. The Kier molecular flexibility index (Phi) is 42.2. The Morgan fingerprint density at radius 3 is 1.31 bits per heavy atom. The van der Waals surface area contributed by atoms with E-state index in [1.807, 2.05) is 0 Å². The largest absolute Gasteiger partial charge is 0.457 e. The predicted molar refractivity (Wildman–Crippen MR) is 228 cm³/mol. The molecule has 4 heteroatoms. The first kappa shape index (κ1) is 49.3. The lowest BCUT2D eigenvalue weighted by atomic mass is 10.1. The number of aliphatic hydroxyl groups is 1. The van der Waals surface area contributed by atoms with Crippen molar-refractivity contribution in [2.75, 3.05) is 19.8 Å². The Morgan fingerprint density at radius 1 is 0.481 bits per heavy atom. The first-order valence-corrected chi connectivity index (χ1v) is 21.3. The topological polar surface area (TPSA) is 55.8 Å². The van der Waals surface area contributed by atoms with Crippen molar-refractivity contribution in [3.63, 3.8) is 0 Å². The number of hydrogen-bond acceptors (Lipinski definition) is 4. The summed E-state index contributed by atoms with van der Waals surface area (Å²) < 4.78 is 11.1. The molecule has 0 bridgehead atoms. The van der Waals surface area contributed by atoms with Gasteiger partial charge in [-0.05, 0) is 96.3 Å². The highest BCUT2D eigenvalue weighted by molar-refractivity contribution is 5.69. The third-order valence-corrected chi connectivity index (χ3v) is 8.64. The molecule has 0 aliphatic rings. The van der Waals surface area contributed by atoms with Crippen LogP contribution in [0.5, 0.6) is 0 Å². The van der Waals surface area contributed by atoms with E-state index in [1.165, 1.54) is 70.6 Å². The fourth-order valence-electron chi connectivity index (χ4n) is 5.48. The van der Waals surface area contributed by atoms with E-state index in [4.69, 9.17) is 9.47 Å². The van der Waals surface area contributed by atoms with Crippen LogP contribution in [0, 0.1) is 0 Å². The highest BCUT2D eigenvalue weighted by Gasteiger charge is 2.13. The molecule has 0 aliphatic carbocycles. The summed E-state index contributed by atoms with van der Waals surface area (Å²) in [5, 5.41) is 9.60. The summed E-state index contributed by atoms with van der Waals surface area (Å²) in [6.45, 7) is 5.12. The third-order valence-electron chi connectivity index (χ3n) is 8.64. The lowest BCUT2D eigenvalue weighted by molar-refractivity contribution is -0.154. The van der Waals surface area contributed by atoms with Gasteiger partial charge in [-0.3, -0.25) is 4.79 Å². The molecule has 52 heavy (non-hydrogen) atoms. The number of allylic oxidation sites excluding steroid dienone is 16. The number of esters is 1. The van der Waals surface area contributed by atoms with Crippen molar-refractivity contribution in [1.29, 1.82) is 0 Å². The van der Waals surface area contributed by atoms with Crippen LogP contribution in [0.4, 0.5) is 0 Å². The number of carbonyl (C=O) groups is 1. The van der Waals surface area contributed by atoms with Gasteiger partial charge in [-0.2, -0.15) is 0 Å². The Balaban J connectivity index is 3.58. The minimum atomic E-state index is -0.563. The zero-order valence-electron chi connectivity index (χ0n) is 33.8. The second-order valence-electron chi connectivity index (χ2n) is 13.7. The molecule has 0 aromatic heterocycles. The van der Waals surface area contributed by atoms with Gasteiger partial charge in [0.1, 0.15) is 6.10 Å². The second kappa shape index (κ2) is 44.5. The van der Waals surface area contributed by atoms with E-state index >= 15 is 0 Å². The number of rotatable bonds is 38. The molecule has 0 aromatic carbocycles. The standard InChI is InChI=1S/C48H80O4/c1-3-5-7-9-11-13-15-17-19-21-23-24-25-26-28-30-32-34-36-38-40-42-44-51-46-47(45-49)52-48(50)43-41-39-37-35-33-31-29-27-22-20-18-16-14-12-10-8-6-4-2/h5,7,11,13-14,16-17,19-20,22-24,26,28,32,34,47,49H,3-4,6,8-10,12,15,18,21,25,27,29-31,33,35-46H2,1-2H3/b7-5-,13-11-,16-14-,19-17-,22-20-,24-23-,28-26-,34-32-. The van der Waals surface area contributed by atoms with Gasteiger partial charge in [-0.15, -0.1) is 0 Å². The number of ether oxygens (including phenoxy) is 2. The molecule has 0 amide bonds. The highest BCUT2D eigenvalue weighted by atomic mass is 16.6. The molecule has 0 aromatic rings. The van der Waals surface area contributed by atoms with E-state index in [2.05, 4.69) is 111 Å². The Hall–Kier alpha value is -2.69. The van der Waals surface area contributed by atoms with E-state index in [1.54, 1.807) is 0 Å². The van der Waals surface area contributed by atoms with Crippen LogP contribution in [0.25, 0.3) is 0 Å². The molecule has 0 saturated heterocycles. The van der Waals surface area contributed by atoms with Crippen LogP contribution in [0.2, 0.25) is 0 Å². The van der Waals surface area contributed by atoms with Gasteiger partial charge in [-0.25, -0.2) is 0 Å². The first-order valence-electron chi connectivity index (χ1n) is 21.3. The summed E-state index contributed by atoms with van der Waals surface area (Å²) >= 11 is 0. The van der Waals surface area contributed by atoms with Crippen LogP contribution in [0.15, 0.2) is 97.2 Å². The molecular weight excluding hydrogens is 641 g/mol. The van der Waals surface area contributed by atoms with Crippen LogP contribution >= 0.6 is 0 Å². The Bertz CT molecular complexity index is 980. The van der Waals surface area contributed by atoms with Gasteiger partial charge >= 0.3 is 5.97 Å². The van der Waals surface area contributed by atoms with E-state index in [0.717, 1.165) is 83.5 Å². The van der Waals surface area contributed by atoms with Crippen molar-refractivity contribution < 1.29 is 19.4 Å². The summed E-state index contributed by atoms with van der Waals surface area (Å²) in [5.41, 5.74) is 0. The molecule has 0 fully saturated rings.